The zero-order chi connectivity index (χ0) is 22.8. The highest BCUT2D eigenvalue weighted by atomic mass is 79.9. The fraction of sp³-hybridized carbons (Fsp3) is 0.273. The molecule has 2 aromatic carbocycles. The van der Waals surface area contributed by atoms with Crippen LogP contribution in [0, 0.1) is 13.8 Å². The van der Waals surface area contributed by atoms with Crippen molar-refractivity contribution in [1.82, 2.24) is 5.43 Å². The van der Waals surface area contributed by atoms with Gasteiger partial charge in [0.2, 0.25) is 11.8 Å². The lowest BCUT2D eigenvalue weighted by atomic mass is 10.1. The molecule has 0 radical (unpaired) electrons. The largest absolute Gasteiger partial charge is 0.481 e. The number of aryl methyl sites for hydroxylation is 2. The van der Waals surface area contributed by atoms with Crippen LogP contribution in [0.25, 0.3) is 0 Å². The van der Waals surface area contributed by atoms with Crippen LogP contribution in [-0.2, 0) is 19.1 Å². The van der Waals surface area contributed by atoms with Gasteiger partial charge in [0, 0.05) is 5.69 Å². The molecule has 164 valence electrons. The van der Waals surface area contributed by atoms with Crippen molar-refractivity contribution in [2.24, 2.45) is 5.10 Å². The van der Waals surface area contributed by atoms with Crippen molar-refractivity contribution >= 4 is 45.6 Å². The number of anilines is 1. The monoisotopic (exact) mass is 489 g/mol. The molecule has 2 aromatic rings. The van der Waals surface area contributed by atoms with Crippen LogP contribution < -0.4 is 15.5 Å². The fourth-order valence-electron chi connectivity index (χ4n) is 2.57. The Labute approximate surface area is 189 Å². The second kappa shape index (κ2) is 11.8. The molecule has 0 aliphatic heterocycles. The van der Waals surface area contributed by atoms with Crippen molar-refractivity contribution in [1.29, 1.82) is 0 Å². The molecule has 0 fully saturated rings. The van der Waals surface area contributed by atoms with E-state index in [2.05, 4.69) is 31.8 Å². The van der Waals surface area contributed by atoms with E-state index in [0.29, 0.717) is 21.5 Å². The number of nitrogens with zero attached hydrogens (tertiary/aromatic N) is 1. The summed E-state index contributed by atoms with van der Waals surface area (Å²) >= 11 is 3.35. The molecule has 0 unspecified atom stereocenters. The van der Waals surface area contributed by atoms with Crippen LogP contribution in [0.5, 0.6) is 5.75 Å². The normalized spacial score (nSPS) is 10.6. The van der Waals surface area contributed by atoms with Crippen molar-refractivity contribution < 1.29 is 23.9 Å². The quantitative estimate of drug-likeness (QED) is 0.242. The smallest absolute Gasteiger partial charge is 0.344 e. The average Bonchev–Trinajstić information content (AvgIpc) is 2.69. The number of rotatable bonds is 9. The van der Waals surface area contributed by atoms with Crippen LogP contribution >= 0.6 is 15.9 Å². The van der Waals surface area contributed by atoms with Gasteiger partial charge in [-0.15, -0.1) is 0 Å². The second-order valence-electron chi connectivity index (χ2n) is 6.62. The Morgan fingerprint density at radius 1 is 1.10 bits per heavy atom. The van der Waals surface area contributed by atoms with E-state index in [9.17, 15) is 14.4 Å². The SMILES string of the molecule is CCOC(=O)COc1ccc(C=NNC(=O)CC(=O)Nc2ccc(C)cc2C)cc1Br. The highest BCUT2D eigenvalue weighted by molar-refractivity contribution is 9.10. The number of hydrogen-bond donors (Lipinski definition) is 2. The molecule has 0 spiro atoms. The first-order valence-corrected chi connectivity index (χ1v) is 10.3. The third kappa shape index (κ3) is 8.21. The van der Waals surface area contributed by atoms with Gasteiger partial charge in [0.05, 0.1) is 17.3 Å². The Balaban J connectivity index is 1.83. The third-order valence-corrected chi connectivity index (χ3v) is 4.61. The van der Waals surface area contributed by atoms with E-state index in [1.807, 2.05) is 26.0 Å². The average molecular weight is 490 g/mol. The number of hydrogen-bond acceptors (Lipinski definition) is 6. The number of hydrazone groups is 1. The molecular formula is C22H24BrN3O5. The summed E-state index contributed by atoms with van der Waals surface area (Å²) in [6, 6.07) is 10.7. The lowest BCUT2D eigenvalue weighted by molar-refractivity contribution is -0.145. The molecule has 0 atom stereocenters. The van der Waals surface area contributed by atoms with Gasteiger partial charge in [0.15, 0.2) is 6.61 Å². The van der Waals surface area contributed by atoms with Gasteiger partial charge in [-0.05, 0) is 72.1 Å². The van der Waals surface area contributed by atoms with E-state index in [1.165, 1.54) is 6.21 Å². The summed E-state index contributed by atoms with van der Waals surface area (Å²) in [4.78, 5) is 35.3. The summed E-state index contributed by atoms with van der Waals surface area (Å²) in [6.07, 6.45) is 1.08. The first-order chi connectivity index (χ1) is 14.8. The van der Waals surface area contributed by atoms with Gasteiger partial charge in [-0.25, -0.2) is 10.2 Å². The molecular weight excluding hydrogens is 466 g/mol. The Hall–Kier alpha value is -3.20. The molecule has 0 aliphatic rings. The predicted molar refractivity (Wildman–Crippen MR) is 121 cm³/mol. The van der Waals surface area contributed by atoms with Crippen LogP contribution in [-0.4, -0.2) is 37.2 Å². The zero-order valence-electron chi connectivity index (χ0n) is 17.5. The molecule has 0 saturated carbocycles. The summed E-state index contributed by atoms with van der Waals surface area (Å²) < 4.78 is 10.8. The molecule has 0 bridgehead atoms. The molecule has 9 heteroatoms. The minimum absolute atomic E-state index is 0.194. The van der Waals surface area contributed by atoms with E-state index in [-0.39, 0.29) is 19.6 Å². The molecule has 0 aliphatic carbocycles. The molecule has 2 amide bonds. The highest BCUT2D eigenvalue weighted by Gasteiger charge is 2.10. The number of esters is 1. The number of halogens is 1. The first kappa shape index (κ1) is 24.1. The van der Waals surface area contributed by atoms with E-state index in [1.54, 1.807) is 31.2 Å². The molecule has 0 saturated heterocycles. The molecule has 0 aromatic heterocycles. The number of amides is 2. The molecule has 8 nitrogen and oxygen atoms in total. The van der Waals surface area contributed by atoms with Gasteiger partial charge in [-0.2, -0.15) is 5.10 Å². The number of ether oxygens (including phenoxy) is 2. The number of benzene rings is 2. The van der Waals surface area contributed by atoms with E-state index < -0.39 is 17.8 Å². The van der Waals surface area contributed by atoms with E-state index in [0.717, 1.165) is 11.1 Å². The summed E-state index contributed by atoms with van der Waals surface area (Å²) in [6.45, 7) is 5.67. The summed E-state index contributed by atoms with van der Waals surface area (Å²) in [5.41, 5.74) is 5.68. The summed E-state index contributed by atoms with van der Waals surface area (Å²) in [7, 11) is 0. The minimum Gasteiger partial charge on any atom is -0.481 e. The van der Waals surface area contributed by atoms with Gasteiger partial charge < -0.3 is 14.8 Å². The van der Waals surface area contributed by atoms with Crippen molar-refractivity contribution in [2.75, 3.05) is 18.5 Å². The first-order valence-electron chi connectivity index (χ1n) is 9.55. The lowest BCUT2D eigenvalue weighted by Gasteiger charge is -2.09. The Kier molecular flexibility index (Phi) is 9.20. The number of carbonyl (C=O) groups excluding carboxylic acids is 3. The van der Waals surface area contributed by atoms with Crippen LogP contribution in [0.3, 0.4) is 0 Å². The molecule has 0 heterocycles. The van der Waals surface area contributed by atoms with Crippen LogP contribution in [0.15, 0.2) is 46.0 Å². The number of carbonyl (C=O) groups is 3. The standard InChI is InChI=1S/C22H24BrN3O5/c1-4-30-22(29)13-31-19-8-6-16(10-17(19)23)12-24-26-21(28)11-20(27)25-18-7-5-14(2)9-15(18)3/h5-10,12H,4,11,13H2,1-3H3,(H,25,27)(H,26,28). The lowest BCUT2D eigenvalue weighted by Crippen LogP contribution is -2.24. The predicted octanol–water partition coefficient (Wildman–Crippen LogP) is 3.49. The van der Waals surface area contributed by atoms with Crippen molar-refractivity contribution in [2.45, 2.75) is 27.2 Å². The summed E-state index contributed by atoms with van der Waals surface area (Å²) in [5.74, 6) is -0.945. The van der Waals surface area contributed by atoms with Gasteiger partial charge >= 0.3 is 5.97 Å². The Morgan fingerprint density at radius 3 is 2.55 bits per heavy atom. The maximum absolute atomic E-state index is 12.0. The van der Waals surface area contributed by atoms with Gasteiger partial charge in [-0.1, -0.05) is 17.7 Å². The minimum atomic E-state index is -0.535. The topological polar surface area (TPSA) is 106 Å². The van der Waals surface area contributed by atoms with Gasteiger partial charge in [0.25, 0.3) is 0 Å². The Bertz CT molecular complexity index is 991. The van der Waals surface area contributed by atoms with Gasteiger partial charge in [0.1, 0.15) is 12.2 Å². The van der Waals surface area contributed by atoms with E-state index in [4.69, 9.17) is 9.47 Å². The second-order valence-corrected chi connectivity index (χ2v) is 7.47. The van der Waals surface area contributed by atoms with Crippen LogP contribution in [0.1, 0.15) is 30.0 Å². The fourth-order valence-corrected chi connectivity index (χ4v) is 3.08. The molecule has 31 heavy (non-hydrogen) atoms. The highest BCUT2D eigenvalue weighted by Crippen LogP contribution is 2.25. The maximum Gasteiger partial charge on any atom is 0.344 e. The maximum atomic E-state index is 12.0. The van der Waals surface area contributed by atoms with Crippen molar-refractivity contribution in [3.8, 4) is 5.75 Å². The molecule has 2 rings (SSSR count). The third-order valence-electron chi connectivity index (χ3n) is 3.99. The van der Waals surface area contributed by atoms with Crippen LogP contribution in [0.4, 0.5) is 5.69 Å². The van der Waals surface area contributed by atoms with E-state index >= 15 is 0 Å². The zero-order valence-corrected chi connectivity index (χ0v) is 19.1. The van der Waals surface area contributed by atoms with Crippen molar-refractivity contribution in [3.63, 3.8) is 0 Å². The summed E-state index contributed by atoms with van der Waals surface area (Å²) in [5, 5.41) is 6.57. The Morgan fingerprint density at radius 2 is 1.87 bits per heavy atom. The number of nitrogens with one attached hydrogen (secondary N) is 2. The van der Waals surface area contributed by atoms with Crippen molar-refractivity contribution in [3.05, 3.63) is 57.6 Å². The van der Waals surface area contributed by atoms with Gasteiger partial charge in [-0.3, -0.25) is 9.59 Å². The van der Waals surface area contributed by atoms with Crippen LogP contribution in [0.2, 0.25) is 0 Å². The molecule has 2 N–H and O–H groups in total.